The first kappa shape index (κ1) is 13.3. The Bertz CT molecular complexity index is 457. The van der Waals surface area contributed by atoms with Crippen LogP contribution in [0.3, 0.4) is 0 Å². The molecule has 1 aliphatic rings. The summed E-state index contributed by atoms with van der Waals surface area (Å²) in [5.41, 5.74) is 0.651. The Morgan fingerprint density at radius 2 is 2.17 bits per heavy atom. The Hall–Kier alpha value is -1.09. The van der Waals surface area contributed by atoms with Gasteiger partial charge < -0.3 is 4.90 Å². The third kappa shape index (κ3) is 2.66. The van der Waals surface area contributed by atoms with Crippen molar-refractivity contribution in [3.8, 4) is 0 Å². The van der Waals surface area contributed by atoms with E-state index < -0.39 is 5.82 Å². The van der Waals surface area contributed by atoms with Crippen molar-refractivity contribution in [2.75, 3.05) is 13.6 Å². The number of halogens is 2. The van der Waals surface area contributed by atoms with Crippen LogP contribution in [0.25, 0.3) is 0 Å². The summed E-state index contributed by atoms with van der Waals surface area (Å²) in [7, 11) is 1.71. The Kier molecular flexibility index (Phi) is 3.91. The minimum atomic E-state index is -0.418. The zero-order valence-electron chi connectivity index (χ0n) is 10.6. The summed E-state index contributed by atoms with van der Waals surface area (Å²) in [4.78, 5) is 13.7. The Balaban J connectivity index is 2.04. The largest absolute Gasteiger partial charge is 0.341 e. The van der Waals surface area contributed by atoms with Gasteiger partial charge in [0.05, 0.1) is 5.56 Å². The number of carbonyl (C=O) groups is 1. The quantitative estimate of drug-likeness (QED) is 0.772. The second-order valence-corrected chi connectivity index (χ2v) is 5.67. The average molecular weight is 270 g/mol. The van der Waals surface area contributed by atoms with Crippen molar-refractivity contribution in [3.63, 3.8) is 0 Å². The highest BCUT2D eigenvalue weighted by molar-refractivity contribution is 6.21. The number of aryl methyl sites for hydroxylation is 1. The van der Waals surface area contributed by atoms with E-state index in [9.17, 15) is 9.18 Å². The van der Waals surface area contributed by atoms with Crippen LogP contribution < -0.4 is 0 Å². The zero-order chi connectivity index (χ0) is 13.3. The molecular weight excluding hydrogens is 253 g/mol. The van der Waals surface area contributed by atoms with Crippen molar-refractivity contribution in [2.45, 2.75) is 25.1 Å². The number of benzene rings is 1. The number of hydrogen-bond acceptors (Lipinski definition) is 1. The van der Waals surface area contributed by atoms with Gasteiger partial charge in [0.2, 0.25) is 0 Å². The molecule has 0 bridgehead atoms. The molecule has 1 aliphatic carbocycles. The second-order valence-electron chi connectivity index (χ2n) is 5.06. The lowest BCUT2D eigenvalue weighted by atomic mass is 9.84. The molecule has 0 saturated heterocycles. The molecule has 1 amide bonds. The van der Waals surface area contributed by atoms with Crippen LogP contribution in [0.5, 0.6) is 0 Å². The van der Waals surface area contributed by atoms with E-state index >= 15 is 0 Å². The van der Waals surface area contributed by atoms with E-state index in [-0.39, 0.29) is 16.8 Å². The predicted octanol–water partition coefficient (Wildman–Crippen LogP) is 3.22. The highest BCUT2D eigenvalue weighted by Crippen LogP contribution is 2.32. The fourth-order valence-electron chi connectivity index (χ4n) is 2.29. The Morgan fingerprint density at radius 3 is 2.78 bits per heavy atom. The average Bonchev–Trinajstić information content (AvgIpc) is 2.30. The molecule has 2 rings (SSSR count). The van der Waals surface area contributed by atoms with E-state index in [0.29, 0.717) is 18.0 Å². The summed E-state index contributed by atoms with van der Waals surface area (Å²) in [5, 5.41) is 0.245. The van der Waals surface area contributed by atoms with Gasteiger partial charge in [-0.3, -0.25) is 4.79 Å². The van der Waals surface area contributed by atoms with Gasteiger partial charge in [-0.2, -0.15) is 0 Å². The molecule has 0 aromatic heterocycles. The Labute approximate surface area is 112 Å². The van der Waals surface area contributed by atoms with Crippen LogP contribution in [0, 0.1) is 18.7 Å². The number of rotatable bonds is 3. The molecule has 0 N–H and O–H groups in total. The van der Waals surface area contributed by atoms with Crippen molar-refractivity contribution in [2.24, 2.45) is 5.92 Å². The molecule has 18 heavy (non-hydrogen) atoms. The van der Waals surface area contributed by atoms with Crippen LogP contribution in [-0.2, 0) is 0 Å². The third-order valence-electron chi connectivity index (χ3n) is 3.48. The van der Waals surface area contributed by atoms with E-state index in [2.05, 4.69) is 0 Å². The minimum Gasteiger partial charge on any atom is -0.341 e. The van der Waals surface area contributed by atoms with E-state index in [1.54, 1.807) is 31.0 Å². The molecule has 0 unspecified atom stereocenters. The maximum atomic E-state index is 13.8. The molecule has 0 aliphatic heterocycles. The zero-order valence-corrected chi connectivity index (χ0v) is 11.4. The van der Waals surface area contributed by atoms with E-state index in [4.69, 9.17) is 11.6 Å². The van der Waals surface area contributed by atoms with Crippen LogP contribution in [0.15, 0.2) is 18.2 Å². The number of amides is 1. The van der Waals surface area contributed by atoms with Crippen molar-refractivity contribution in [1.29, 1.82) is 0 Å². The summed E-state index contributed by atoms with van der Waals surface area (Å²) in [6.07, 6.45) is 1.88. The standard InChI is InChI=1S/C14H17ClFNO/c1-9-4-3-5-12(13(9)16)14(18)17(2)8-10-6-11(15)7-10/h3-5,10-11H,6-8H2,1-2H3. The Morgan fingerprint density at radius 1 is 1.50 bits per heavy atom. The van der Waals surface area contributed by atoms with Gasteiger partial charge in [-0.05, 0) is 37.3 Å². The highest BCUT2D eigenvalue weighted by atomic mass is 35.5. The van der Waals surface area contributed by atoms with Crippen LogP contribution in [0.4, 0.5) is 4.39 Å². The van der Waals surface area contributed by atoms with Crippen molar-refractivity contribution < 1.29 is 9.18 Å². The number of nitrogens with zero attached hydrogens (tertiary/aromatic N) is 1. The molecule has 0 atom stereocenters. The first-order chi connectivity index (χ1) is 8.49. The monoisotopic (exact) mass is 269 g/mol. The fraction of sp³-hybridized carbons (Fsp3) is 0.500. The molecule has 0 spiro atoms. The number of hydrogen-bond donors (Lipinski definition) is 0. The summed E-state index contributed by atoms with van der Waals surface area (Å²) in [6.45, 7) is 2.31. The molecule has 1 aromatic carbocycles. The lowest BCUT2D eigenvalue weighted by Crippen LogP contribution is -2.38. The first-order valence-corrected chi connectivity index (χ1v) is 6.57. The summed E-state index contributed by atoms with van der Waals surface area (Å²) in [5.74, 6) is -0.221. The third-order valence-corrected chi connectivity index (χ3v) is 3.84. The molecule has 98 valence electrons. The molecule has 2 nitrogen and oxygen atoms in total. The van der Waals surface area contributed by atoms with Gasteiger partial charge in [0.15, 0.2) is 0 Å². The normalized spacial score (nSPS) is 22.4. The SMILES string of the molecule is Cc1cccc(C(=O)N(C)CC2CC(Cl)C2)c1F. The lowest BCUT2D eigenvalue weighted by Gasteiger charge is -2.34. The molecule has 0 radical (unpaired) electrons. The van der Waals surface area contributed by atoms with Crippen LogP contribution in [0.1, 0.15) is 28.8 Å². The smallest absolute Gasteiger partial charge is 0.256 e. The van der Waals surface area contributed by atoms with Crippen LogP contribution in [-0.4, -0.2) is 29.8 Å². The fourth-order valence-corrected chi connectivity index (χ4v) is 2.80. The van der Waals surface area contributed by atoms with Crippen LogP contribution in [0.2, 0.25) is 0 Å². The van der Waals surface area contributed by atoms with E-state index in [0.717, 1.165) is 12.8 Å². The predicted molar refractivity (Wildman–Crippen MR) is 70.5 cm³/mol. The summed E-state index contributed by atoms with van der Waals surface area (Å²) in [6, 6.07) is 4.90. The van der Waals surface area contributed by atoms with Gasteiger partial charge in [0.25, 0.3) is 5.91 Å². The van der Waals surface area contributed by atoms with Crippen molar-refractivity contribution in [3.05, 3.63) is 35.1 Å². The van der Waals surface area contributed by atoms with Crippen molar-refractivity contribution >= 4 is 17.5 Å². The van der Waals surface area contributed by atoms with Gasteiger partial charge in [0, 0.05) is 19.0 Å². The lowest BCUT2D eigenvalue weighted by molar-refractivity contribution is 0.0742. The topological polar surface area (TPSA) is 20.3 Å². The number of alkyl halides is 1. The summed E-state index contributed by atoms with van der Waals surface area (Å²) >= 11 is 5.91. The molecular formula is C14H17ClFNO. The van der Waals surface area contributed by atoms with Crippen molar-refractivity contribution in [1.82, 2.24) is 4.90 Å². The van der Waals surface area contributed by atoms with Gasteiger partial charge in [-0.1, -0.05) is 12.1 Å². The van der Waals surface area contributed by atoms with Crippen LogP contribution >= 0.6 is 11.6 Å². The van der Waals surface area contributed by atoms with E-state index in [1.165, 1.54) is 6.07 Å². The minimum absolute atomic E-state index is 0.152. The van der Waals surface area contributed by atoms with Gasteiger partial charge in [0.1, 0.15) is 5.82 Å². The number of carbonyl (C=O) groups excluding carboxylic acids is 1. The van der Waals surface area contributed by atoms with Gasteiger partial charge in [-0.15, -0.1) is 11.6 Å². The molecule has 1 saturated carbocycles. The first-order valence-electron chi connectivity index (χ1n) is 6.13. The molecule has 0 heterocycles. The molecule has 1 aromatic rings. The van der Waals surface area contributed by atoms with E-state index in [1.807, 2.05) is 0 Å². The second kappa shape index (κ2) is 5.27. The highest BCUT2D eigenvalue weighted by Gasteiger charge is 2.29. The van der Waals surface area contributed by atoms with Gasteiger partial charge in [-0.25, -0.2) is 4.39 Å². The molecule has 4 heteroatoms. The molecule has 1 fully saturated rings. The van der Waals surface area contributed by atoms with Gasteiger partial charge >= 0.3 is 0 Å². The summed E-state index contributed by atoms with van der Waals surface area (Å²) < 4.78 is 13.8. The maximum absolute atomic E-state index is 13.8. The maximum Gasteiger partial charge on any atom is 0.256 e.